The summed E-state index contributed by atoms with van der Waals surface area (Å²) in [4.78, 5) is 0. The second kappa shape index (κ2) is 6.74. The van der Waals surface area contributed by atoms with E-state index in [0.717, 1.165) is 41.5 Å². The van der Waals surface area contributed by atoms with Crippen molar-refractivity contribution in [3.8, 4) is 5.75 Å². The fraction of sp³-hybridized carbons (Fsp3) is 0.500. The minimum absolute atomic E-state index is 0.769. The molecule has 0 spiro atoms. The van der Waals surface area contributed by atoms with Crippen LogP contribution in [0.15, 0.2) is 12.1 Å². The molecule has 1 rings (SSSR count). The highest BCUT2D eigenvalue weighted by Gasteiger charge is 2.06. The maximum absolute atomic E-state index is 6.09. The first-order valence-corrected chi connectivity index (χ1v) is 5.75. The third-order valence-electron chi connectivity index (χ3n) is 2.43. The Labute approximate surface area is 102 Å². The molecule has 1 aromatic carbocycles. The molecule has 16 heavy (non-hydrogen) atoms. The summed E-state index contributed by atoms with van der Waals surface area (Å²) in [5, 5.41) is 7.19. The predicted molar refractivity (Wildman–Crippen MR) is 68.4 cm³/mol. The molecule has 1 aromatic rings. The fourth-order valence-corrected chi connectivity index (χ4v) is 1.65. The lowest BCUT2D eigenvalue weighted by atomic mass is 10.1. The van der Waals surface area contributed by atoms with Gasteiger partial charge in [-0.25, -0.2) is 0 Å². The van der Waals surface area contributed by atoms with Crippen molar-refractivity contribution >= 4 is 11.6 Å². The van der Waals surface area contributed by atoms with Crippen LogP contribution in [-0.2, 0) is 6.54 Å². The van der Waals surface area contributed by atoms with E-state index in [0.29, 0.717) is 0 Å². The van der Waals surface area contributed by atoms with Crippen LogP contribution >= 0.6 is 11.6 Å². The van der Waals surface area contributed by atoms with Crippen LogP contribution in [0.1, 0.15) is 11.1 Å². The Morgan fingerprint density at radius 3 is 2.69 bits per heavy atom. The van der Waals surface area contributed by atoms with Crippen LogP contribution in [0, 0.1) is 6.92 Å². The molecule has 0 aliphatic rings. The maximum Gasteiger partial charge on any atom is 0.123 e. The van der Waals surface area contributed by atoms with Gasteiger partial charge in [0.15, 0.2) is 0 Å². The number of hydrogen-bond acceptors (Lipinski definition) is 3. The number of methoxy groups -OCH3 is 1. The van der Waals surface area contributed by atoms with Crippen LogP contribution < -0.4 is 15.4 Å². The number of nitrogens with one attached hydrogen (secondary N) is 2. The van der Waals surface area contributed by atoms with Gasteiger partial charge in [-0.15, -0.1) is 0 Å². The first kappa shape index (κ1) is 13.3. The van der Waals surface area contributed by atoms with Gasteiger partial charge >= 0.3 is 0 Å². The summed E-state index contributed by atoms with van der Waals surface area (Å²) in [7, 11) is 3.62. The number of ether oxygens (including phenoxy) is 1. The van der Waals surface area contributed by atoms with E-state index >= 15 is 0 Å². The molecular weight excluding hydrogens is 224 g/mol. The lowest BCUT2D eigenvalue weighted by molar-refractivity contribution is 0.407. The van der Waals surface area contributed by atoms with Gasteiger partial charge in [0.05, 0.1) is 7.11 Å². The molecule has 0 saturated heterocycles. The van der Waals surface area contributed by atoms with Crippen molar-refractivity contribution in [3.05, 3.63) is 28.3 Å². The summed E-state index contributed by atoms with van der Waals surface area (Å²) in [6, 6.07) is 3.93. The number of rotatable bonds is 6. The zero-order valence-corrected chi connectivity index (χ0v) is 10.8. The molecule has 4 heteroatoms. The quantitative estimate of drug-likeness (QED) is 0.749. The second-order valence-electron chi connectivity index (χ2n) is 3.69. The minimum Gasteiger partial charge on any atom is -0.496 e. The van der Waals surface area contributed by atoms with E-state index in [1.807, 2.05) is 26.1 Å². The predicted octanol–water partition coefficient (Wildman–Crippen LogP) is 1.97. The molecular formula is C12H19ClN2O. The number of aryl methyl sites for hydroxylation is 1. The molecule has 0 fully saturated rings. The monoisotopic (exact) mass is 242 g/mol. The summed E-state index contributed by atoms with van der Waals surface area (Å²) in [5.74, 6) is 0.888. The van der Waals surface area contributed by atoms with Crippen LogP contribution in [0.3, 0.4) is 0 Å². The van der Waals surface area contributed by atoms with Gasteiger partial charge in [-0.1, -0.05) is 11.6 Å². The van der Waals surface area contributed by atoms with Gasteiger partial charge in [0.1, 0.15) is 5.75 Å². The van der Waals surface area contributed by atoms with Gasteiger partial charge in [-0.05, 0) is 31.7 Å². The highest BCUT2D eigenvalue weighted by Crippen LogP contribution is 2.26. The van der Waals surface area contributed by atoms with Gasteiger partial charge in [0.25, 0.3) is 0 Å². The van der Waals surface area contributed by atoms with Crippen molar-refractivity contribution in [1.82, 2.24) is 10.6 Å². The first-order chi connectivity index (χ1) is 7.69. The average molecular weight is 243 g/mol. The summed E-state index contributed by atoms with van der Waals surface area (Å²) in [6.07, 6.45) is 0. The lowest BCUT2D eigenvalue weighted by Crippen LogP contribution is -2.24. The molecule has 3 nitrogen and oxygen atoms in total. The molecule has 0 saturated carbocycles. The third kappa shape index (κ3) is 3.67. The topological polar surface area (TPSA) is 33.3 Å². The smallest absolute Gasteiger partial charge is 0.123 e. The highest BCUT2D eigenvalue weighted by atomic mass is 35.5. The Balaban J connectivity index is 2.66. The van der Waals surface area contributed by atoms with Gasteiger partial charge in [0.2, 0.25) is 0 Å². The summed E-state index contributed by atoms with van der Waals surface area (Å²) < 4.78 is 5.32. The van der Waals surface area contributed by atoms with Crippen LogP contribution in [0.5, 0.6) is 5.75 Å². The zero-order chi connectivity index (χ0) is 12.0. The Kier molecular flexibility index (Phi) is 5.60. The van der Waals surface area contributed by atoms with E-state index in [1.165, 1.54) is 0 Å². The molecule has 0 aliphatic carbocycles. The largest absolute Gasteiger partial charge is 0.496 e. The van der Waals surface area contributed by atoms with Gasteiger partial charge in [-0.3, -0.25) is 0 Å². The maximum atomic E-state index is 6.09. The Bertz CT molecular complexity index is 342. The molecule has 0 radical (unpaired) electrons. The van der Waals surface area contributed by atoms with E-state index in [4.69, 9.17) is 16.3 Å². The molecule has 0 heterocycles. The molecule has 0 aliphatic heterocycles. The first-order valence-electron chi connectivity index (χ1n) is 5.37. The molecule has 2 N–H and O–H groups in total. The van der Waals surface area contributed by atoms with Crippen molar-refractivity contribution in [2.45, 2.75) is 13.5 Å². The summed E-state index contributed by atoms with van der Waals surface area (Å²) in [6.45, 7) is 4.61. The third-order valence-corrected chi connectivity index (χ3v) is 2.84. The highest BCUT2D eigenvalue weighted by molar-refractivity contribution is 6.31. The van der Waals surface area contributed by atoms with Crippen molar-refractivity contribution in [1.29, 1.82) is 0 Å². The van der Waals surface area contributed by atoms with E-state index in [2.05, 4.69) is 10.6 Å². The lowest BCUT2D eigenvalue weighted by Gasteiger charge is -2.11. The minimum atomic E-state index is 0.769. The van der Waals surface area contributed by atoms with E-state index < -0.39 is 0 Å². The number of halogens is 1. The molecule has 0 bridgehead atoms. The Morgan fingerprint density at radius 1 is 1.31 bits per heavy atom. The van der Waals surface area contributed by atoms with Crippen molar-refractivity contribution in [2.24, 2.45) is 0 Å². The standard InChI is InChI=1S/C12H19ClN2O/c1-9-6-12(16-3)10(7-11(9)13)8-15-5-4-14-2/h6-7,14-15H,4-5,8H2,1-3H3. The van der Waals surface area contributed by atoms with E-state index in [-0.39, 0.29) is 0 Å². The normalized spacial score (nSPS) is 10.5. The van der Waals surface area contributed by atoms with Crippen molar-refractivity contribution < 1.29 is 4.74 Å². The molecule has 90 valence electrons. The van der Waals surface area contributed by atoms with Crippen LogP contribution in [0.4, 0.5) is 0 Å². The van der Waals surface area contributed by atoms with Crippen LogP contribution in [-0.4, -0.2) is 27.2 Å². The number of hydrogen-bond donors (Lipinski definition) is 2. The summed E-state index contributed by atoms with van der Waals surface area (Å²) >= 11 is 6.09. The molecule has 0 atom stereocenters. The number of benzene rings is 1. The van der Waals surface area contributed by atoms with E-state index in [9.17, 15) is 0 Å². The number of likely N-dealkylation sites (N-methyl/N-ethyl adjacent to an activating group) is 1. The zero-order valence-electron chi connectivity index (χ0n) is 10.1. The van der Waals surface area contributed by atoms with Crippen molar-refractivity contribution in [3.63, 3.8) is 0 Å². The van der Waals surface area contributed by atoms with Crippen LogP contribution in [0.2, 0.25) is 5.02 Å². The van der Waals surface area contributed by atoms with Gasteiger partial charge in [-0.2, -0.15) is 0 Å². The second-order valence-corrected chi connectivity index (χ2v) is 4.10. The van der Waals surface area contributed by atoms with E-state index in [1.54, 1.807) is 7.11 Å². The van der Waals surface area contributed by atoms with Gasteiger partial charge < -0.3 is 15.4 Å². The Morgan fingerprint density at radius 2 is 2.06 bits per heavy atom. The molecule has 0 unspecified atom stereocenters. The van der Waals surface area contributed by atoms with Gasteiger partial charge in [0, 0.05) is 30.2 Å². The average Bonchev–Trinajstić information content (AvgIpc) is 2.28. The molecule has 0 amide bonds. The van der Waals surface area contributed by atoms with Crippen molar-refractivity contribution in [2.75, 3.05) is 27.2 Å². The Hall–Kier alpha value is -0.770. The fourth-order valence-electron chi connectivity index (χ4n) is 1.46. The summed E-state index contributed by atoms with van der Waals surface area (Å²) in [5.41, 5.74) is 2.13. The molecule has 0 aromatic heterocycles. The SMILES string of the molecule is CNCCNCc1cc(Cl)c(C)cc1OC. The van der Waals surface area contributed by atoms with Crippen LogP contribution in [0.25, 0.3) is 0 Å².